The van der Waals surface area contributed by atoms with Crippen molar-refractivity contribution >= 4 is 23.6 Å². The highest BCUT2D eigenvalue weighted by Crippen LogP contribution is 2.39. The zero-order chi connectivity index (χ0) is 31.1. The van der Waals surface area contributed by atoms with E-state index in [4.69, 9.17) is 19.6 Å². The number of carbonyl (C=O) groups excluding carboxylic acids is 1. The molecule has 3 aromatic rings. The van der Waals surface area contributed by atoms with Crippen LogP contribution >= 0.6 is 0 Å². The van der Waals surface area contributed by atoms with E-state index in [9.17, 15) is 13.6 Å². The minimum absolute atomic E-state index is 0.182. The number of allylic oxidation sites excluding steroid dienone is 1. The van der Waals surface area contributed by atoms with Crippen molar-refractivity contribution in [1.29, 1.82) is 0 Å². The number of benzene rings is 2. The van der Waals surface area contributed by atoms with Crippen molar-refractivity contribution in [2.45, 2.75) is 57.8 Å². The number of anilines is 1. The van der Waals surface area contributed by atoms with Crippen LogP contribution in [0, 0.1) is 24.5 Å². The number of para-hydroxylation sites is 1. The van der Waals surface area contributed by atoms with E-state index in [2.05, 4.69) is 23.6 Å². The van der Waals surface area contributed by atoms with Gasteiger partial charge >= 0.3 is 6.03 Å². The van der Waals surface area contributed by atoms with Crippen molar-refractivity contribution in [3.05, 3.63) is 95.2 Å². The van der Waals surface area contributed by atoms with Gasteiger partial charge in [0.2, 0.25) is 0 Å². The fourth-order valence-corrected chi connectivity index (χ4v) is 5.73. The summed E-state index contributed by atoms with van der Waals surface area (Å²) in [4.78, 5) is 18.1. The Morgan fingerprint density at radius 3 is 2.70 bits per heavy atom. The van der Waals surface area contributed by atoms with E-state index in [1.165, 1.54) is 6.07 Å². The molecule has 2 aliphatic heterocycles. The number of dihydropyridines is 1. The monoisotopic (exact) mass is 603 g/mol. The molecule has 232 valence electrons. The van der Waals surface area contributed by atoms with Gasteiger partial charge in [0, 0.05) is 36.9 Å². The Hall–Kier alpha value is -4.15. The normalized spacial score (nSPS) is 21.5. The van der Waals surface area contributed by atoms with Gasteiger partial charge in [0.1, 0.15) is 5.82 Å². The molecule has 3 heterocycles. The van der Waals surface area contributed by atoms with Crippen molar-refractivity contribution in [2.24, 2.45) is 10.9 Å². The molecule has 1 unspecified atom stereocenters. The molecular weight excluding hydrogens is 564 g/mol. The van der Waals surface area contributed by atoms with Crippen LogP contribution in [0.4, 0.5) is 19.4 Å². The molecule has 0 aliphatic carbocycles. The fourth-order valence-electron chi connectivity index (χ4n) is 5.73. The van der Waals surface area contributed by atoms with Gasteiger partial charge in [0.05, 0.1) is 36.2 Å². The van der Waals surface area contributed by atoms with Crippen LogP contribution in [0.5, 0.6) is 0 Å². The Labute approximate surface area is 256 Å². The Balaban J connectivity index is 1.34. The number of carbonyl (C=O) groups is 1. The van der Waals surface area contributed by atoms with Gasteiger partial charge < -0.3 is 14.8 Å². The summed E-state index contributed by atoms with van der Waals surface area (Å²) in [5.41, 5.74) is 3.84. The quantitative estimate of drug-likeness (QED) is 0.232. The zero-order valence-corrected chi connectivity index (χ0v) is 25.3. The maximum atomic E-state index is 14.1. The first-order valence-corrected chi connectivity index (χ1v) is 15.1. The van der Waals surface area contributed by atoms with Gasteiger partial charge in [-0.05, 0) is 56.0 Å². The van der Waals surface area contributed by atoms with Gasteiger partial charge in [-0.1, -0.05) is 55.8 Å². The number of nitrogens with zero attached hydrogens (tertiary/aromatic N) is 3. The second kappa shape index (κ2) is 14.5. The standard InChI is InChI=1S/C34H39F2N5O3/c1-4-9-26-15-13-24(20-37-26)31-22(2)33(41(40-31)27-10-6-5-7-11-27)39-34(42)38-21-25-18-28(12-8-17-43-3)44-32(25)23-14-16-29(35)30(36)19-23/h5-8,10-14,16,19-20,25-26,28,32H,4,9,15,17-18,21H2,1-3H3,(H2,38,39,42)/b12-8+/t25-,26?,28+,32-/m0/s1. The number of hydrogen-bond donors (Lipinski definition) is 2. The lowest BCUT2D eigenvalue weighted by molar-refractivity contribution is 0.0563. The smallest absolute Gasteiger partial charge is 0.320 e. The number of nitrogens with one attached hydrogen (secondary N) is 2. The molecule has 5 rings (SSSR count). The Morgan fingerprint density at radius 1 is 1.18 bits per heavy atom. The lowest BCUT2D eigenvalue weighted by Crippen LogP contribution is -2.34. The molecule has 0 saturated carbocycles. The minimum Gasteiger partial charge on any atom is -0.381 e. The molecule has 0 spiro atoms. The summed E-state index contributed by atoms with van der Waals surface area (Å²) in [5, 5.41) is 10.9. The number of aliphatic imine (C=N–C) groups is 1. The highest BCUT2D eigenvalue weighted by molar-refractivity contribution is 6.10. The molecule has 44 heavy (non-hydrogen) atoms. The van der Waals surface area contributed by atoms with E-state index < -0.39 is 23.8 Å². The van der Waals surface area contributed by atoms with Gasteiger partial charge in [-0.3, -0.25) is 10.3 Å². The second-order valence-electron chi connectivity index (χ2n) is 11.2. The van der Waals surface area contributed by atoms with Crippen molar-refractivity contribution in [1.82, 2.24) is 15.1 Å². The predicted molar refractivity (Wildman–Crippen MR) is 168 cm³/mol. The Kier molecular flexibility index (Phi) is 10.3. The lowest BCUT2D eigenvalue weighted by atomic mass is 9.93. The number of methoxy groups -OCH3 is 1. The van der Waals surface area contributed by atoms with Gasteiger partial charge in [-0.2, -0.15) is 5.10 Å². The summed E-state index contributed by atoms with van der Waals surface area (Å²) < 4.78 is 40.8. The third-order valence-electron chi connectivity index (χ3n) is 7.98. The van der Waals surface area contributed by atoms with E-state index in [0.29, 0.717) is 24.4 Å². The molecule has 2 aromatic carbocycles. The molecule has 1 aromatic heterocycles. The van der Waals surface area contributed by atoms with Gasteiger partial charge in [-0.15, -0.1) is 0 Å². The van der Waals surface area contributed by atoms with E-state index in [0.717, 1.165) is 53.9 Å². The number of aromatic nitrogens is 2. The molecule has 2 N–H and O–H groups in total. The summed E-state index contributed by atoms with van der Waals surface area (Å²) in [6.07, 6.45) is 10.6. The molecule has 4 atom stereocenters. The zero-order valence-electron chi connectivity index (χ0n) is 25.3. The third-order valence-corrected chi connectivity index (χ3v) is 7.98. The van der Waals surface area contributed by atoms with Crippen LogP contribution in [0.25, 0.3) is 11.3 Å². The lowest BCUT2D eigenvalue weighted by Gasteiger charge is -2.20. The van der Waals surface area contributed by atoms with Crippen LogP contribution in [0.3, 0.4) is 0 Å². The number of amides is 2. The van der Waals surface area contributed by atoms with Crippen LogP contribution in [-0.4, -0.2) is 54.4 Å². The van der Waals surface area contributed by atoms with Crippen molar-refractivity contribution in [3.8, 4) is 5.69 Å². The molecule has 10 heteroatoms. The number of ether oxygens (including phenoxy) is 2. The molecule has 0 bridgehead atoms. The molecule has 1 fully saturated rings. The largest absolute Gasteiger partial charge is 0.381 e. The van der Waals surface area contributed by atoms with Crippen LogP contribution < -0.4 is 10.6 Å². The number of halogens is 2. The Bertz CT molecular complexity index is 1540. The van der Waals surface area contributed by atoms with E-state index in [1.54, 1.807) is 11.8 Å². The summed E-state index contributed by atoms with van der Waals surface area (Å²) in [6, 6.07) is 13.3. The minimum atomic E-state index is -0.937. The van der Waals surface area contributed by atoms with Crippen LogP contribution in [0.1, 0.15) is 55.5 Å². The average Bonchev–Trinajstić information content (AvgIpc) is 3.59. The topological polar surface area (TPSA) is 89.8 Å². The van der Waals surface area contributed by atoms with E-state index >= 15 is 0 Å². The third kappa shape index (κ3) is 7.31. The fraction of sp³-hybridized carbons (Fsp3) is 0.382. The van der Waals surface area contributed by atoms with Gasteiger partial charge in [0.15, 0.2) is 11.6 Å². The Morgan fingerprint density at radius 2 is 2.00 bits per heavy atom. The van der Waals surface area contributed by atoms with Crippen molar-refractivity contribution < 1.29 is 23.0 Å². The van der Waals surface area contributed by atoms with E-state index in [1.807, 2.05) is 55.6 Å². The summed E-state index contributed by atoms with van der Waals surface area (Å²) in [6.45, 7) is 4.78. The highest BCUT2D eigenvalue weighted by atomic mass is 19.2. The maximum absolute atomic E-state index is 14.1. The maximum Gasteiger partial charge on any atom is 0.320 e. The number of rotatable bonds is 11. The van der Waals surface area contributed by atoms with Gasteiger partial charge in [0.25, 0.3) is 0 Å². The second-order valence-corrected chi connectivity index (χ2v) is 11.2. The summed E-state index contributed by atoms with van der Waals surface area (Å²) in [5.74, 6) is -1.49. The van der Waals surface area contributed by atoms with E-state index in [-0.39, 0.29) is 24.6 Å². The van der Waals surface area contributed by atoms with Crippen molar-refractivity contribution in [2.75, 3.05) is 25.6 Å². The summed E-state index contributed by atoms with van der Waals surface area (Å²) >= 11 is 0. The van der Waals surface area contributed by atoms with Gasteiger partial charge in [-0.25, -0.2) is 18.3 Å². The molecular formula is C34H39F2N5O3. The average molecular weight is 604 g/mol. The SMILES string of the molecule is CCCC1CC=C(c2nn(-c3ccccc3)c(NC(=O)NC[C@@H]3C[C@@H](/C=C/COC)O[C@H]3c3ccc(F)c(F)c3)c2C)C=N1. The first-order valence-electron chi connectivity index (χ1n) is 15.1. The molecule has 1 saturated heterocycles. The first kappa shape index (κ1) is 31.3. The molecule has 0 radical (unpaired) electrons. The molecule has 2 aliphatic rings. The molecule has 2 amide bonds. The summed E-state index contributed by atoms with van der Waals surface area (Å²) in [7, 11) is 1.60. The predicted octanol–water partition coefficient (Wildman–Crippen LogP) is 6.96. The van der Waals surface area contributed by atoms with Crippen LogP contribution in [0.15, 0.2) is 71.8 Å². The first-order chi connectivity index (χ1) is 21.4. The van der Waals surface area contributed by atoms with Crippen LogP contribution in [-0.2, 0) is 9.47 Å². The highest BCUT2D eigenvalue weighted by Gasteiger charge is 2.36. The number of hydrogen-bond acceptors (Lipinski definition) is 5. The van der Waals surface area contributed by atoms with Crippen molar-refractivity contribution in [3.63, 3.8) is 0 Å². The molecule has 8 nitrogen and oxygen atoms in total. The number of urea groups is 1. The van der Waals surface area contributed by atoms with Crippen LogP contribution in [0.2, 0.25) is 0 Å².